The number of piperidine rings is 1. The molecule has 0 bridgehead atoms. The zero-order chi connectivity index (χ0) is 21.5. The Morgan fingerprint density at radius 2 is 1.70 bits per heavy atom. The van der Waals surface area contributed by atoms with Crippen molar-refractivity contribution in [3.05, 3.63) is 62.7 Å². The van der Waals surface area contributed by atoms with Crippen LogP contribution in [0.3, 0.4) is 0 Å². The summed E-state index contributed by atoms with van der Waals surface area (Å²) in [4.78, 5) is 6.80. The summed E-state index contributed by atoms with van der Waals surface area (Å²) in [5, 5.41) is 3.10. The summed E-state index contributed by atoms with van der Waals surface area (Å²) in [6.45, 7) is 1.12. The molecule has 2 aromatic carbocycles. The first kappa shape index (κ1) is 21.8. The number of sulfone groups is 1. The fourth-order valence-electron chi connectivity index (χ4n) is 3.45. The zero-order valence-corrected chi connectivity index (χ0v) is 19.4. The average Bonchev–Trinajstić information content (AvgIpc) is 3.20. The molecule has 1 saturated heterocycles. The van der Waals surface area contributed by atoms with Gasteiger partial charge in [0, 0.05) is 34.1 Å². The van der Waals surface area contributed by atoms with Gasteiger partial charge in [-0.25, -0.2) is 17.8 Å². The Hall–Kier alpha value is -1.38. The van der Waals surface area contributed by atoms with E-state index in [1.165, 1.54) is 23.5 Å². The number of anilines is 1. The van der Waals surface area contributed by atoms with E-state index in [-0.39, 0.29) is 9.92 Å². The van der Waals surface area contributed by atoms with Gasteiger partial charge in [-0.2, -0.15) is 0 Å². The molecule has 2 heterocycles. The van der Waals surface area contributed by atoms with Crippen molar-refractivity contribution in [2.24, 2.45) is 0 Å². The third kappa shape index (κ3) is 4.46. The Labute approximate surface area is 193 Å². The van der Waals surface area contributed by atoms with Crippen molar-refractivity contribution >= 4 is 61.1 Å². The van der Waals surface area contributed by atoms with Gasteiger partial charge in [0.2, 0.25) is 0 Å². The number of hydrogen-bond acceptors (Lipinski definition) is 5. The van der Waals surface area contributed by atoms with Crippen LogP contribution in [0.4, 0.5) is 9.52 Å². The van der Waals surface area contributed by atoms with Gasteiger partial charge in [-0.1, -0.05) is 34.8 Å². The quantitative estimate of drug-likeness (QED) is 0.388. The van der Waals surface area contributed by atoms with Gasteiger partial charge in [-0.05, 0) is 49.2 Å². The van der Waals surface area contributed by atoms with Gasteiger partial charge in [-0.15, -0.1) is 11.3 Å². The molecule has 0 saturated carbocycles. The highest BCUT2D eigenvalue weighted by Crippen LogP contribution is 2.34. The van der Waals surface area contributed by atoms with Gasteiger partial charge in [0.15, 0.2) is 15.0 Å². The molecule has 30 heavy (non-hydrogen) atoms. The van der Waals surface area contributed by atoms with Crippen molar-refractivity contribution in [2.75, 3.05) is 18.0 Å². The summed E-state index contributed by atoms with van der Waals surface area (Å²) in [7, 11) is -3.58. The number of aromatic nitrogens is 1. The first-order valence-corrected chi connectivity index (χ1v) is 12.7. The fraction of sp³-hybridized carbons (Fsp3) is 0.250. The molecule has 0 spiro atoms. The average molecular weight is 506 g/mol. The van der Waals surface area contributed by atoms with Crippen LogP contribution in [0.1, 0.15) is 12.8 Å². The molecule has 1 fully saturated rings. The molecule has 0 atom stereocenters. The van der Waals surface area contributed by atoms with Crippen molar-refractivity contribution in [3.63, 3.8) is 0 Å². The van der Waals surface area contributed by atoms with E-state index in [2.05, 4.69) is 9.88 Å². The highest BCUT2D eigenvalue weighted by Gasteiger charge is 2.32. The molecular weight excluding hydrogens is 490 g/mol. The smallest absolute Gasteiger partial charge is 0.185 e. The number of thiazole rings is 1. The molecule has 0 N–H and O–H groups in total. The predicted octanol–water partition coefficient (Wildman–Crippen LogP) is 6.35. The van der Waals surface area contributed by atoms with Gasteiger partial charge in [0.1, 0.15) is 5.82 Å². The first-order chi connectivity index (χ1) is 14.2. The van der Waals surface area contributed by atoms with Gasteiger partial charge >= 0.3 is 0 Å². The van der Waals surface area contributed by atoms with E-state index in [0.717, 1.165) is 22.5 Å². The summed E-state index contributed by atoms with van der Waals surface area (Å²) >= 11 is 19.4. The van der Waals surface area contributed by atoms with Crippen molar-refractivity contribution in [3.8, 4) is 11.3 Å². The molecular formula is C20H16Cl3FN2O2S2. The van der Waals surface area contributed by atoms with Gasteiger partial charge in [0.05, 0.1) is 20.9 Å². The molecule has 10 heteroatoms. The number of nitrogens with zero attached hydrogens (tertiary/aromatic N) is 2. The van der Waals surface area contributed by atoms with E-state index in [0.29, 0.717) is 36.0 Å². The molecule has 1 aromatic heterocycles. The lowest BCUT2D eigenvalue weighted by Crippen LogP contribution is -2.39. The minimum absolute atomic E-state index is 0.0571. The molecule has 1 aliphatic rings. The molecule has 158 valence electrons. The SMILES string of the molecule is O=S(=O)(c1ccc(F)c(Cl)c1)C1CCN(c2nc(-c3cc(Cl)cc(Cl)c3)cs2)CC1. The summed E-state index contributed by atoms with van der Waals surface area (Å²) in [6, 6.07) is 8.81. The number of rotatable bonds is 4. The maximum absolute atomic E-state index is 13.4. The molecule has 0 aliphatic carbocycles. The maximum Gasteiger partial charge on any atom is 0.185 e. The minimum Gasteiger partial charge on any atom is -0.348 e. The zero-order valence-electron chi connectivity index (χ0n) is 15.5. The number of hydrogen-bond donors (Lipinski definition) is 0. The van der Waals surface area contributed by atoms with Crippen LogP contribution >= 0.6 is 46.1 Å². The van der Waals surface area contributed by atoms with E-state index >= 15 is 0 Å². The Bertz CT molecular complexity index is 1170. The lowest BCUT2D eigenvalue weighted by atomic mass is 10.1. The molecule has 3 aromatic rings. The van der Waals surface area contributed by atoms with Crippen LogP contribution in [-0.4, -0.2) is 31.7 Å². The molecule has 0 radical (unpaired) electrons. The van der Waals surface area contributed by atoms with E-state index in [1.54, 1.807) is 18.2 Å². The standard InChI is InChI=1S/C20H16Cl3FN2O2S2/c21-13-7-12(8-14(22)9-13)19-11-29-20(25-19)26-5-3-15(4-6-26)30(27,28)16-1-2-18(24)17(23)10-16/h1-2,7-11,15H,3-6H2. The van der Waals surface area contributed by atoms with Crippen LogP contribution in [0.5, 0.6) is 0 Å². The third-order valence-corrected chi connectivity index (χ3v) is 8.91. The molecule has 4 nitrogen and oxygen atoms in total. The van der Waals surface area contributed by atoms with E-state index < -0.39 is 20.9 Å². The Balaban J connectivity index is 1.47. The van der Waals surface area contributed by atoms with Gasteiger partial charge in [0.25, 0.3) is 0 Å². The van der Waals surface area contributed by atoms with Crippen LogP contribution in [0.15, 0.2) is 46.7 Å². The summed E-state index contributed by atoms with van der Waals surface area (Å²) in [5.41, 5.74) is 1.61. The van der Waals surface area contributed by atoms with Crippen LogP contribution < -0.4 is 4.90 Å². The molecule has 4 rings (SSSR count). The second-order valence-corrected chi connectivity index (χ2v) is 11.3. The Morgan fingerprint density at radius 1 is 1.03 bits per heavy atom. The fourth-order valence-corrected chi connectivity index (χ4v) is 6.86. The van der Waals surface area contributed by atoms with Crippen molar-refractivity contribution in [2.45, 2.75) is 23.0 Å². The minimum atomic E-state index is -3.58. The Morgan fingerprint density at radius 3 is 2.33 bits per heavy atom. The molecule has 0 unspecified atom stereocenters. The highest BCUT2D eigenvalue weighted by atomic mass is 35.5. The van der Waals surface area contributed by atoms with Crippen LogP contribution in [0.2, 0.25) is 15.1 Å². The number of halogens is 4. The molecule has 1 aliphatic heterocycles. The van der Waals surface area contributed by atoms with Crippen molar-refractivity contribution < 1.29 is 12.8 Å². The lowest BCUT2D eigenvalue weighted by molar-refractivity contribution is 0.529. The van der Waals surface area contributed by atoms with E-state index in [4.69, 9.17) is 34.8 Å². The van der Waals surface area contributed by atoms with Crippen LogP contribution in [-0.2, 0) is 9.84 Å². The largest absolute Gasteiger partial charge is 0.348 e. The predicted molar refractivity (Wildman–Crippen MR) is 121 cm³/mol. The lowest BCUT2D eigenvalue weighted by Gasteiger charge is -2.31. The normalized spacial score (nSPS) is 15.5. The first-order valence-electron chi connectivity index (χ1n) is 9.10. The summed E-state index contributed by atoms with van der Waals surface area (Å²) in [5.74, 6) is -0.633. The van der Waals surface area contributed by atoms with E-state index in [1.807, 2.05) is 5.38 Å². The van der Waals surface area contributed by atoms with Crippen molar-refractivity contribution in [1.82, 2.24) is 4.98 Å². The van der Waals surface area contributed by atoms with Crippen LogP contribution in [0.25, 0.3) is 11.3 Å². The third-order valence-electron chi connectivity index (χ3n) is 5.02. The second-order valence-electron chi connectivity index (χ2n) is 6.98. The highest BCUT2D eigenvalue weighted by molar-refractivity contribution is 7.92. The van der Waals surface area contributed by atoms with Gasteiger partial charge in [-0.3, -0.25) is 0 Å². The maximum atomic E-state index is 13.4. The van der Waals surface area contributed by atoms with E-state index in [9.17, 15) is 12.8 Å². The monoisotopic (exact) mass is 504 g/mol. The topological polar surface area (TPSA) is 50.3 Å². The summed E-state index contributed by atoms with van der Waals surface area (Å²) in [6.07, 6.45) is 0.907. The summed E-state index contributed by atoms with van der Waals surface area (Å²) < 4.78 is 39.2. The van der Waals surface area contributed by atoms with Gasteiger partial charge < -0.3 is 4.90 Å². The second kappa shape index (κ2) is 8.63. The van der Waals surface area contributed by atoms with Crippen molar-refractivity contribution in [1.29, 1.82) is 0 Å². The Kier molecular flexibility index (Phi) is 6.28. The van der Waals surface area contributed by atoms with Crippen LogP contribution in [0, 0.1) is 5.82 Å². The molecule has 0 amide bonds. The number of benzene rings is 2.